The minimum Gasteiger partial charge on any atom is -0.467 e. The highest BCUT2D eigenvalue weighted by atomic mass is 16.5. The molecule has 1 aliphatic heterocycles. The molecular formula is C11H17NO2. The molecule has 78 valence electrons. The van der Waals surface area contributed by atoms with Gasteiger partial charge in [-0.1, -0.05) is 6.92 Å². The van der Waals surface area contributed by atoms with Gasteiger partial charge < -0.3 is 14.5 Å². The summed E-state index contributed by atoms with van der Waals surface area (Å²) in [6.45, 7) is 5.20. The Morgan fingerprint density at radius 2 is 2.43 bits per heavy atom. The van der Waals surface area contributed by atoms with Crippen molar-refractivity contribution in [3.8, 4) is 0 Å². The van der Waals surface area contributed by atoms with Crippen molar-refractivity contribution in [3.05, 3.63) is 24.2 Å². The molecule has 3 heteroatoms. The van der Waals surface area contributed by atoms with Crippen LogP contribution in [0.3, 0.4) is 0 Å². The predicted octanol–water partition coefficient (Wildman–Crippen LogP) is 2.11. The van der Waals surface area contributed by atoms with Crippen molar-refractivity contribution in [1.82, 2.24) is 5.32 Å². The lowest BCUT2D eigenvalue weighted by molar-refractivity contribution is -0.0715. The van der Waals surface area contributed by atoms with Crippen molar-refractivity contribution < 1.29 is 9.15 Å². The van der Waals surface area contributed by atoms with Gasteiger partial charge in [-0.05, 0) is 25.5 Å². The Hall–Kier alpha value is -0.800. The molecule has 0 bridgehead atoms. The van der Waals surface area contributed by atoms with Crippen LogP contribution in [0.15, 0.2) is 22.8 Å². The van der Waals surface area contributed by atoms with Gasteiger partial charge in [0.05, 0.1) is 12.4 Å². The fourth-order valence-electron chi connectivity index (χ4n) is 1.80. The quantitative estimate of drug-likeness (QED) is 0.784. The van der Waals surface area contributed by atoms with E-state index >= 15 is 0 Å². The maximum absolute atomic E-state index is 5.94. The smallest absolute Gasteiger partial charge is 0.134 e. The second kappa shape index (κ2) is 4.15. The molecule has 0 aliphatic carbocycles. The van der Waals surface area contributed by atoms with Crippen LogP contribution in [0.25, 0.3) is 0 Å². The Kier molecular flexibility index (Phi) is 2.89. The first-order valence-corrected chi connectivity index (χ1v) is 5.23. The van der Waals surface area contributed by atoms with Crippen LogP contribution in [-0.2, 0) is 4.74 Å². The summed E-state index contributed by atoms with van der Waals surface area (Å²) in [5.41, 5.74) is 0. The molecular weight excluding hydrogens is 178 g/mol. The topological polar surface area (TPSA) is 34.4 Å². The first-order chi connectivity index (χ1) is 6.81. The van der Waals surface area contributed by atoms with Crippen LogP contribution in [0.4, 0.5) is 0 Å². The zero-order valence-electron chi connectivity index (χ0n) is 8.69. The molecule has 0 amide bonds. The fourth-order valence-corrected chi connectivity index (χ4v) is 1.80. The summed E-state index contributed by atoms with van der Waals surface area (Å²) in [6, 6.07) is 4.20. The minimum atomic E-state index is 0.0590. The minimum absolute atomic E-state index is 0.0590. The molecule has 1 fully saturated rings. The molecule has 3 unspecified atom stereocenters. The summed E-state index contributed by atoms with van der Waals surface area (Å²) in [5, 5.41) is 3.44. The summed E-state index contributed by atoms with van der Waals surface area (Å²) < 4.78 is 11.3. The Morgan fingerprint density at radius 1 is 1.57 bits per heavy atom. The molecule has 0 aromatic carbocycles. The van der Waals surface area contributed by atoms with E-state index in [9.17, 15) is 0 Å². The SMILES string of the molecule is CCC1CNC(C)C(c2ccco2)O1. The van der Waals surface area contributed by atoms with E-state index in [1.54, 1.807) is 6.26 Å². The molecule has 0 spiro atoms. The predicted molar refractivity (Wildman–Crippen MR) is 54.1 cm³/mol. The lowest BCUT2D eigenvalue weighted by Gasteiger charge is -2.34. The lowest BCUT2D eigenvalue weighted by atomic mass is 10.1. The molecule has 1 aliphatic rings. The Morgan fingerprint density at radius 3 is 3.07 bits per heavy atom. The number of hydrogen-bond donors (Lipinski definition) is 1. The first kappa shape index (κ1) is 9.74. The monoisotopic (exact) mass is 195 g/mol. The van der Waals surface area contributed by atoms with Crippen LogP contribution in [-0.4, -0.2) is 18.7 Å². The maximum Gasteiger partial charge on any atom is 0.134 e. The van der Waals surface area contributed by atoms with E-state index in [1.807, 2.05) is 12.1 Å². The van der Waals surface area contributed by atoms with Crippen molar-refractivity contribution in [3.63, 3.8) is 0 Å². The van der Waals surface area contributed by atoms with Gasteiger partial charge >= 0.3 is 0 Å². The molecule has 2 heterocycles. The van der Waals surface area contributed by atoms with Crippen molar-refractivity contribution in [2.75, 3.05) is 6.54 Å². The van der Waals surface area contributed by atoms with Crippen molar-refractivity contribution in [1.29, 1.82) is 0 Å². The molecule has 2 rings (SSSR count). The van der Waals surface area contributed by atoms with Gasteiger partial charge in [0.1, 0.15) is 11.9 Å². The number of hydrogen-bond acceptors (Lipinski definition) is 3. The van der Waals surface area contributed by atoms with Gasteiger partial charge in [-0.25, -0.2) is 0 Å². The van der Waals surface area contributed by atoms with Crippen molar-refractivity contribution in [2.24, 2.45) is 0 Å². The second-order valence-electron chi connectivity index (χ2n) is 3.80. The van der Waals surface area contributed by atoms with Gasteiger partial charge in [-0.3, -0.25) is 0 Å². The third-order valence-electron chi connectivity index (χ3n) is 2.74. The van der Waals surface area contributed by atoms with Crippen LogP contribution in [0.5, 0.6) is 0 Å². The zero-order chi connectivity index (χ0) is 9.97. The van der Waals surface area contributed by atoms with Crippen molar-refractivity contribution >= 4 is 0 Å². The van der Waals surface area contributed by atoms with Crippen LogP contribution in [0.1, 0.15) is 32.1 Å². The summed E-state index contributed by atoms with van der Waals surface area (Å²) in [7, 11) is 0. The fraction of sp³-hybridized carbons (Fsp3) is 0.636. The van der Waals surface area contributed by atoms with E-state index in [0.717, 1.165) is 18.7 Å². The van der Waals surface area contributed by atoms with Crippen LogP contribution in [0, 0.1) is 0 Å². The standard InChI is InChI=1S/C11H17NO2/c1-3-9-7-12-8(2)11(14-9)10-5-4-6-13-10/h4-6,8-9,11-12H,3,7H2,1-2H3. The van der Waals surface area contributed by atoms with Crippen molar-refractivity contribution in [2.45, 2.75) is 38.5 Å². The molecule has 1 saturated heterocycles. The zero-order valence-corrected chi connectivity index (χ0v) is 8.69. The van der Waals surface area contributed by atoms with E-state index in [-0.39, 0.29) is 6.10 Å². The number of furan rings is 1. The molecule has 14 heavy (non-hydrogen) atoms. The molecule has 0 radical (unpaired) electrons. The van der Waals surface area contributed by atoms with E-state index in [4.69, 9.17) is 9.15 Å². The summed E-state index contributed by atoms with van der Waals surface area (Å²) in [4.78, 5) is 0. The van der Waals surface area contributed by atoms with Gasteiger partial charge in [-0.2, -0.15) is 0 Å². The highest BCUT2D eigenvalue weighted by molar-refractivity contribution is 5.06. The molecule has 1 aromatic rings. The maximum atomic E-state index is 5.94. The number of morpholine rings is 1. The molecule has 1 N–H and O–H groups in total. The molecule has 3 atom stereocenters. The van der Waals surface area contributed by atoms with Gasteiger partial charge in [-0.15, -0.1) is 0 Å². The average molecular weight is 195 g/mol. The Balaban J connectivity index is 2.09. The third kappa shape index (κ3) is 1.83. The number of nitrogens with one attached hydrogen (secondary N) is 1. The molecule has 1 aromatic heterocycles. The van der Waals surface area contributed by atoms with Gasteiger partial charge in [0.2, 0.25) is 0 Å². The first-order valence-electron chi connectivity index (χ1n) is 5.23. The molecule has 0 saturated carbocycles. The lowest BCUT2D eigenvalue weighted by Crippen LogP contribution is -2.46. The van der Waals surface area contributed by atoms with E-state index < -0.39 is 0 Å². The number of rotatable bonds is 2. The summed E-state index contributed by atoms with van der Waals surface area (Å²) in [5.74, 6) is 0.920. The normalized spacial score (nSPS) is 33.1. The van der Waals surface area contributed by atoms with E-state index in [2.05, 4.69) is 19.2 Å². The van der Waals surface area contributed by atoms with Gasteiger partial charge in [0.15, 0.2) is 0 Å². The van der Waals surface area contributed by atoms with Crippen LogP contribution >= 0.6 is 0 Å². The largest absolute Gasteiger partial charge is 0.467 e. The number of ether oxygens (including phenoxy) is 1. The van der Waals surface area contributed by atoms with Gasteiger partial charge in [0, 0.05) is 12.6 Å². The van der Waals surface area contributed by atoms with Gasteiger partial charge in [0.25, 0.3) is 0 Å². The van der Waals surface area contributed by atoms with E-state index in [0.29, 0.717) is 12.1 Å². The second-order valence-corrected chi connectivity index (χ2v) is 3.80. The third-order valence-corrected chi connectivity index (χ3v) is 2.74. The average Bonchev–Trinajstić information content (AvgIpc) is 2.71. The van der Waals surface area contributed by atoms with E-state index in [1.165, 1.54) is 0 Å². The summed E-state index contributed by atoms with van der Waals surface area (Å²) >= 11 is 0. The Bertz CT molecular complexity index is 271. The Labute approximate surface area is 84.4 Å². The van der Waals surface area contributed by atoms with Crippen LogP contribution in [0.2, 0.25) is 0 Å². The highest BCUT2D eigenvalue weighted by Crippen LogP contribution is 2.27. The molecule has 3 nitrogen and oxygen atoms in total. The summed E-state index contributed by atoms with van der Waals surface area (Å²) in [6.07, 6.45) is 3.10. The highest BCUT2D eigenvalue weighted by Gasteiger charge is 2.29. The van der Waals surface area contributed by atoms with Crippen LogP contribution < -0.4 is 5.32 Å².